The standard InChI is InChI=1S/C16H15F3N4O3/c17-16(18,19)26-12-4-2-1-3-10(12)21-13-7-11(9-5-6-9)22-15(23-13)20-8-14(24)25/h1-4,7,9H,5-6,8H2,(H,24,25)(H2,20,21,22,23). The molecule has 1 aromatic heterocycles. The maximum Gasteiger partial charge on any atom is 0.573 e. The van der Waals surface area contributed by atoms with E-state index in [4.69, 9.17) is 5.11 Å². The van der Waals surface area contributed by atoms with Crippen molar-refractivity contribution in [1.29, 1.82) is 0 Å². The Morgan fingerprint density at radius 1 is 1.27 bits per heavy atom. The van der Waals surface area contributed by atoms with Crippen molar-refractivity contribution in [3.8, 4) is 5.75 Å². The maximum atomic E-state index is 12.5. The second-order valence-electron chi connectivity index (χ2n) is 5.69. The molecule has 1 saturated carbocycles. The molecule has 0 bridgehead atoms. The van der Waals surface area contributed by atoms with Gasteiger partial charge in [-0.3, -0.25) is 4.79 Å². The zero-order valence-electron chi connectivity index (χ0n) is 13.4. The SMILES string of the molecule is O=C(O)CNc1nc(Nc2ccccc2OC(F)(F)F)cc(C2CC2)n1. The molecular weight excluding hydrogens is 353 g/mol. The molecule has 0 radical (unpaired) electrons. The number of nitrogens with one attached hydrogen (secondary N) is 2. The van der Waals surface area contributed by atoms with Crippen molar-refractivity contribution in [1.82, 2.24) is 9.97 Å². The van der Waals surface area contributed by atoms with E-state index in [2.05, 4.69) is 25.3 Å². The number of aromatic nitrogens is 2. The highest BCUT2D eigenvalue weighted by Crippen LogP contribution is 2.40. The second kappa shape index (κ2) is 7.06. The molecule has 1 heterocycles. The molecule has 3 rings (SSSR count). The van der Waals surface area contributed by atoms with E-state index in [0.717, 1.165) is 12.8 Å². The number of carboxylic acids is 1. The largest absolute Gasteiger partial charge is 0.573 e. The lowest BCUT2D eigenvalue weighted by atomic mass is 10.2. The zero-order chi connectivity index (χ0) is 18.7. The molecule has 138 valence electrons. The Morgan fingerprint density at radius 3 is 2.65 bits per heavy atom. The number of halogens is 3. The summed E-state index contributed by atoms with van der Waals surface area (Å²) in [6, 6.07) is 7.21. The average molecular weight is 368 g/mol. The van der Waals surface area contributed by atoms with Crippen molar-refractivity contribution in [3.05, 3.63) is 36.0 Å². The first kappa shape index (κ1) is 17.8. The monoisotopic (exact) mass is 368 g/mol. The van der Waals surface area contributed by atoms with Crippen molar-refractivity contribution in [2.24, 2.45) is 0 Å². The van der Waals surface area contributed by atoms with E-state index in [1.54, 1.807) is 12.1 Å². The summed E-state index contributed by atoms with van der Waals surface area (Å²) in [5, 5.41) is 14.1. The molecule has 2 aromatic rings. The van der Waals surface area contributed by atoms with Crippen LogP contribution in [0.4, 0.5) is 30.6 Å². The van der Waals surface area contributed by atoms with Gasteiger partial charge in [0.2, 0.25) is 5.95 Å². The highest BCUT2D eigenvalue weighted by atomic mass is 19.4. The van der Waals surface area contributed by atoms with E-state index in [1.807, 2.05) is 0 Å². The normalized spacial score (nSPS) is 14.0. The highest BCUT2D eigenvalue weighted by Gasteiger charge is 2.32. The third-order valence-corrected chi connectivity index (χ3v) is 3.51. The number of ether oxygens (including phenoxy) is 1. The van der Waals surface area contributed by atoms with Gasteiger partial charge in [0.25, 0.3) is 0 Å². The molecule has 10 heteroatoms. The number of para-hydroxylation sites is 2. The Bertz CT molecular complexity index is 810. The van der Waals surface area contributed by atoms with Crippen LogP contribution in [-0.2, 0) is 4.79 Å². The van der Waals surface area contributed by atoms with E-state index >= 15 is 0 Å². The molecule has 0 saturated heterocycles. The van der Waals surface area contributed by atoms with Gasteiger partial charge in [0.15, 0.2) is 5.75 Å². The molecule has 1 fully saturated rings. The van der Waals surface area contributed by atoms with Gasteiger partial charge in [-0.25, -0.2) is 4.98 Å². The van der Waals surface area contributed by atoms with E-state index < -0.39 is 18.1 Å². The van der Waals surface area contributed by atoms with Crippen LogP contribution >= 0.6 is 0 Å². The van der Waals surface area contributed by atoms with Gasteiger partial charge in [-0.1, -0.05) is 12.1 Å². The lowest BCUT2D eigenvalue weighted by molar-refractivity contribution is -0.274. The topological polar surface area (TPSA) is 96.4 Å². The van der Waals surface area contributed by atoms with Gasteiger partial charge in [0.05, 0.1) is 11.4 Å². The number of aliphatic carboxylic acids is 1. The van der Waals surface area contributed by atoms with Crippen LogP contribution in [0.2, 0.25) is 0 Å². The van der Waals surface area contributed by atoms with Gasteiger partial charge in [0, 0.05) is 12.0 Å². The minimum absolute atomic E-state index is 0.0782. The van der Waals surface area contributed by atoms with Gasteiger partial charge in [-0.2, -0.15) is 4.98 Å². The Morgan fingerprint density at radius 2 is 2.00 bits per heavy atom. The number of benzene rings is 1. The second-order valence-corrected chi connectivity index (χ2v) is 5.69. The maximum absolute atomic E-state index is 12.5. The number of hydrogen-bond donors (Lipinski definition) is 3. The van der Waals surface area contributed by atoms with Crippen LogP contribution in [0.5, 0.6) is 5.75 Å². The summed E-state index contributed by atoms with van der Waals surface area (Å²) in [4.78, 5) is 19.1. The molecule has 1 aromatic carbocycles. The predicted octanol–water partition coefficient (Wildman–Crippen LogP) is 3.49. The van der Waals surface area contributed by atoms with E-state index in [-0.39, 0.29) is 29.9 Å². The van der Waals surface area contributed by atoms with Crippen LogP contribution < -0.4 is 15.4 Å². The fourth-order valence-corrected chi connectivity index (χ4v) is 2.27. The summed E-state index contributed by atoms with van der Waals surface area (Å²) in [6.07, 6.45) is -2.93. The molecule has 26 heavy (non-hydrogen) atoms. The van der Waals surface area contributed by atoms with Gasteiger partial charge in [0.1, 0.15) is 12.4 Å². The Kier molecular flexibility index (Phi) is 4.83. The molecule has 0 aliphatic heterocycles. The van der Waals surface area contributed by atoms with Crippen LogP contribution in [-0.4, -0.2) is 34.0 Å². The van der Waals surface area contributed by atoms with E-state index in [0.29, 0.717) is 5.69 Å². The lowest BCUT2D eigenvalue weighted by Gasteiger charge is -2.15. The molecule has 0 atom stereocenters. The lowest BCUT2D eigenvalue weighted by Crippen LogP contribution is -2.18. The Hall–Kier alpha value is -3.04. The van der Waals surface area contributed by atoms with Crippen LogP contribution in [0.15, 0.2) is 30.3 Å². The Balaban J connectivity index is 1.86. The Labute approximate surface area is 146 Å². The van der Waals surface area contributed by atoms with Crippen LogP contribution in [0.25, 0.3) is 0 Å². The molecule has 1 aliphatic carbocycles. The molecular formula is C16H15F3N4O3. The molecule has 3 N–H and O–H groups in total. The van der Waals surface area contributed by atoms with Crippen molar-refractivity contribution in [2.45, 2.75) is 25.1 Å². The fraction of sp³-hybridized carbons (Fsp3) is 0.312. The minimum Gasteiger partial charge on any atom is -0.480 e. The quantitative estimate of drug-likeness (QED) is 0.688. The summed E-state index contributed by atoms with van der Waals surface area (Å²) in [6.45, 7) is -0.374. The number of carbonyl (C=O) groups is 1. The summed E-state index contributed by atoms with van der Waals surface area (Å²) in [5.74, 6) is -0.900. The molecule has 0 unspecified atom stereocenters. The zero-order valence-corrected chi connectivity index (χ0v) is 13.4. The fourth-order valence-electron chi connectivity index (χ4n) is 2.27. The first-order valence-electron chi connectivity index (χ1n) is 7.76. The van der Waals surface area contributed by atoms with E-state index in [1.165, 1.54) is 18.2 Å². The number of alkyl halides is 3. The average Bonchev–Trinajstić information content (AvgIpc) is 3.38. The van der Waals surface area contributed by atoms with Gasteiger partial charge in [-0.05, 0) is 25.0 Å². The molecule has 7 nitrogen and oxygen atoms in total. The third-order valence-electron chi connectivity index (χ3n) is 3.51. The van der Waals surface area contributed by atoms with Crippen LogP contribution in [0.1, 0.15) is 24.5 Å². The summed E-state index contributed by atoms with van der Waals surface area (Å²) in [7, 11) is 0. The number of hydrogen-bond acceptors (Lipinski definition) is 6. The van der Waals surface area contributed by atoms with E-state index in [9.17, 15) is 18.0 Å². The molecule has 0 spiro atoms. The molecule has 1 aliphatic rings. The number of carboxylic acid groups (broad SMARTS) is 1. The molecule has 0 amide bonds. The summed E-state index contributed by atoms with van der Waals surface area (Å²) < 4.78 is 41.6. The minimum atomic E-state index is -4.82. The smallest absolute Gasteiger partial charge is 0.480 e. The van der Waals surface area contributed by atoms with Crippen molar-refractivity contribution < 1.29 is 27.8 Å². The van der Waals surface area contributed by atoms with Gasteiger partial charge >= 0.3 is 12.3 Å². The number of nitrogens with zero attached hydrogens (tertiary/aromatic N) is 2. The van der Waals surface area contributed by atoms with Crippen LogP contribution in [0, 0.1) is 0 Å². The number of anilines is 3. The van der Waals surface area contributed by atoms with Gasteiger partial charge in [-0.15, -0.1) is 13.2 Å². The first-order valence-corrected chi connectivity index (χ1v) is 7.76. The highest BCUT2D eigenvalue weighted by molar-refractivity contribution is 5.72. The predicted molar refractivity (Wildman–Crippen MR) is 86.5 cm³/mol. The van der Waals surface area contributed by atoms with Gasteiger partial charge < -0.3 is 20.5 Å². The first-order chi connectivity index (χ1) is 12.3. The van der Waals surface area contributed by atoms with Crippen molar-refractivity contribution in [3.63, 3.8) is 0 Å². The number of rotatable bonds is 7. The van der Waals surface area contributed by atoms with Crippen molar-refractivity contribution in [2.75, 3.05) is 17.2 Å². The third kappa shape index (κ3) is 4.98. The summed E-state index contributed by atoms with van der Waals surface area (Å²) >= 11 is 0. The van der Waals surface area contributed by atoms with Crippen LogP contribution in [0.3, 0.4) is 0 Å². The van der Waals surface area contributed by atoms with Crippen molar-refractivity contribution >= 4 is 23.4 Å². The summed E-state index contributed by atoms with van der Waals surface area (Å²) in [5.41, 5.74) is 0.777.